The molecule has 1 nitrogen and oxygen atoms in total. The Morgan fingerprint density at radius 1 is 1.31 bits per heavy atom. The minimum atomic E-state index is 0.243. The fraction of sp³-hybridized carbons (Fsp3) is 0.500. The van der Waals surface area contributed by atoms with Crippen molar-refractivity contribution in [3.63, 3.8) is 0 Å². The van der Waals surface area contributed by atoms with Gasteiger partial charge in [0.25, 0.3) is 0 Å². The quantitative estimate of drug-likeness (QED) is 0.801. The van der Waals surface area contributed by atoms with Gasteiger partial charge in [-0.1, -0.05) is 48.8 Å². The fourth-order valence-electron chi connectivity index (χ4n) is 1.48. The van der Waals surface area contributed by atoms with Crippen molar-refractivity contribution in [2.75, 3.05) is 0 Å². The molecular formula is C14H19BrO. The van der Waals surface area contributed by atoms with Crippen molar-refractivity contribution in [2.45, 2.75) is 40.0 Å². The molecule has 88 valence electrons. The fourth-order valence-corrected chi connectivity index (χ4v) is 1.92. The summed E-state index contributed by atoms with van der Waals surface area (Å²) < 4.78 is 1.04. The van der Waals surface area contributed by atoms with Crippen molar-refractivity contribution in [3.8, 4) is 0 Å². The van der Waals surface area contributed by atoms with Gasteiger partial charge in [-0.3, -0.25) is 4.79 Å². The number of Topliss-reactive ketones (excluding diaryl/α,β-unsaturated/α-hetero) is 1. The van der Waals surface area contributed by atoms with Crippen LogP contribution in [0.5, 0.6) is 0 Å². The highest BCUT2D eigenvalue weighted by molar-refractivity contribution is 9.10. The lowest BCUT2D eigenvalue weighted by Gasteiger charge is -2.16. The third-order valence-corrected chi connectivity index (χ3v) is 2.94. The summed E-state index contributed by atoms with van der Waals surface area (Å²) in [6.07, 6.45) is 2.19. The highest BCUT2D eigenvalue weighted by Crippen LogP contribution is 2.21. The Morgan fingerprint density at radius 2 is 2.00 bits per heavy atom. The van der Waals surface area contributed by atoms with E-state index in [1.54, 1.807) is 0 Å². The second-order valence-corrected chi connectivity index (χ2v) is 6.32. The molecule has 0 amide bonds. The molecule has 0 aliphatic carbocycles. The Hall–Kier alpha value is -0.630. The van der Waals surface area contributed by atoms with Gasteiger partial charge in [-0.05, 0) is 29.5 Å². The number of carbonyl (C=O) groups excluding carboxylic acids is 1. The zero-order valence-electron chi connectivity index (χ0n) is 10.2. The molecule has 0 radical (unpaired) electrons. The monoisotopic (exact) mass is 282 g/mol. The number of halogens is 1. The first kappa shape index (κ1) is 13.4. The molecule has 0 spiro atoms. The van der Waals surface area contributed by atoms with Crippen LogP contribution in [0, 0.1) is 5.41 Å². The summed E-state index contributed by atoms with van der Waals surface area (Å²) in [5.74, 6) is 0.327. The van der Waals surface area contributed by atoms with E-state index in [9.17, 15) is 4.79 Å². The Balaban J connectivity index is 2.46. The van der Waals surface area contributed by atoms with E-state index in [0.717, 1.165) is 16.5 Å². The lowest BCUT2D eigenvalue weighted by atomic mass is 9.89. The first-order valence-corrected chi connectivity index (χ1v) is 6.42. The predicted molar refractivity (Wildman–Crippen MR) is 71.5 cm³/mol. The highest BCUT2D eigenvalue weighted by atomic mass is 79.9. The summed E-state index contributed by atoms with van der Waals surface area (Å²) in [6.45, 7) is 6.50. The molecule has 16 heavy (non-hydrogen) atoms. The van der Waals surface area contributed by atoms with Gasteiger partial charge in [0.1, 0.15) is 5.78 Å². The third kappa shape index (κ3) is 5.45. The van der Waals surface area contributed by atoms with E-state index in [1.165, 1.54) is 0 Å². The van der Waals surface area contributed by atoms with Crippen LogP contribution in [0.3, 0.4) is 0 Å². The molecular weight excluding hydrogens is 264 g/mol. The van der Waals surface area contributed by atoms with Crippen LogP contribution in [0.15, 0.2) is 28.7 Å². The molecule has 1 rings (SSSR count). The van der Waals surface area contributed by atoms with Gasteiger partial charge in [0.2, 0.25) is 0 Å². The van der Waals surface area contributed by atoms with Gasteiger partial charge >= 0.3 is 0 Å². The van der Waals surface area contributed by atoms with Crippen LogP contribution < -0.4 is 0 Å². The van der Waals surface area contributed by atoms with E-state index in [0.29, 0.717) is 18.6 Å². The molecule has 0 unspecified atom stereocenters. The van der Waals surface area contributed by atoms with Crippen molar-refractivity contribution >= 4 is 21.7 Å². The molecule has 0 saturated heterocycles. The predicted octanol–water partition coefficient (Wildman–Crippen LogP) is 4.39. The van der Waals surface area contributed by atoms with Crippen LogP contribution in [0.2, 0.25) is 0 Å². The number of benzene rings is 1. The van der Waals surface area contributed by atoms with Crippen LogP contribution in [0.25, 0.3) is 0 Å². The normalized spacial score (nSPS) is 11.5. The van der Waals surface area contributed by atoms with Gasteiger partial charge in [0, 0.05) is 17.3 Å². The maximum absolute atomic E-state index is 11.8. The first-order valence-electron chi connectivity index (χ1n) is 5.63. The molecule has 0 N–H and O–H groups in total. The summed E-state index contributed by atoms with van der Waals surface area (Å²) in [4.78, 5) is 11.8. The Labute approximate surface area is 106 Å². The summed E-state index contributed by atoms with van der Waals surface area (Å²) >= 11 is 3.41. The zero-order chi connectivity index (χ0) is 12.2. The number of rotatable bonds is 4. The second kappa shape index (κ2) is 5.62. The molecule has 0 aromatic heterocycles. The van der Waals surface area contributed by atoms with E-state index in [-0.39, 0.29) is 5.41 Å². The second-order valence-electron chi connectivity index (χ2n) is 5.41. The Bertz CT molecular complexity index is 363. The van der Waals surface area contributed by atoms with Crippen LogP contribution >= 0.6 is 15.9 Å². The molecule has 0 heterocycles. The van der Waals surface area contributed by atoms with Crippen molar-refractivity contribution in [2.24, 2.45) is 5.41 Å². The minimum Gasteiger partial charge on any atom is -0.299 e. The van der Waals surface area contributed by atoms with Crippen LogP contribution in [0.4, 0.5) is 0 Å². The van der Waals surface area contributed by atoms with Crippen molar-refractivity contribution < 1.29 is 4.79 Å². The lowest BCUT2D eigenvalue weighted by molar-refractivity contribution is -0.118. The van der Waals surface area contributed by atoms with Crippen LogP contribution in [0.1, 0.15) is 39.2 Å². The summed E-state index contributed by atoms with van der Waals surface area (Å²) in [5.41, 5.74) is 1.33. The van der Waals surface area contributed by atoms with Crippen molar-refractivity contribution in [1.82, 2.24) is 0 Å². The molecule has 0 aliphatic rings. The SMILES string of the molecule is CC(C)(C)CCC(=O)Cc1cccc(Br)c1. The molecule has 2 heteroatoms. The molecule has 1 aromatic rings. The van der Waals surface area contributed by atoms with E-state index < -0.39 is 0 Å². The van der Waals surface area contributed by atoms with E-state index >= 15 is 0 Å². The summed E-state index contributed by atoms with van der Waals surface area (Å²) in [5, 5.41) is 0. The Kier molecular flexibility index (Phi) is 4.72. The topological polar surface area (TPSA) is 17.1 Å². The maximum atomic E-state index is 11.8. The van der Waals surface area contributed by atoms with Gasteiger partial charge in [0.15, 0.2) is 0 Å². The molecule has 0 bridgehead atoms. The standard InChI is InChI=1S/C14H19BrO/c1-14(2,3)8-7-13(16)10-11-5-4-6-12(15)9-11/h4-6,9H,7-8,10H2,1-3H3. The number of hydrogen-bond acceptors (Lipinski definition) is 1. The first-order chi connectivity index (χ1) is 7.37. The molecule has 0 saturated carbocycles. The van der Waals surface area contributed by atoms with Crippen LogP contribution in [-0.2, 0) is 11.2 Å². The number of carbonyl (C=O) groups is 1. The third-order valence-electron chi connectivity index (χ3n) is 2.44. The number of ketones is 1. The van der Waals surface area contributed by atoms with Crippen molar-refractivity contribution in [1.29, 1.82) is 0 Å². The maximum Gasteiger partial charge on any atom is 0.137 e. The van der Waals surface area contributed by atoms with Gasteiger partial charge in [0.05, 0.1) is 0 Å². The molecule has 1 aromatic carbocycles. The highest BCUT2D eigenvalue weighted by Gasteiger charge is 2.13. The van der Waals surface area contributed by atoms with Gasteiger partial charge < -0.3 is 0 Å². The number of hydrogen-bond donors (Lipinski definition) is 0. The van der Waals surface area contributed by atoms with Gasteiger partial charge in [-0.2, -0.15) is 0 Å². The zero-order valence-corrected chi connectivity index (χ0v) is 11.8. The lowest BCUT2D eigenvalue weighted by Crippen LogP contribution is -2.10. The molecule has 0 atom stereocenters. The average Bonchev–Trinajstić information content (AvgIpc) is 2.14. The van der Waals surface area contributed by atoms with E-state index in [1.807, 2.05) is 24.3 Å². The van der Waals surface area contributed by atoms with Gasteiger partial charge in [-0.25, -0.2) is 0 Å². The minimum absolute atomic E-state index is 0.243. The van der Waals surface area contributed by atoms with Crippen molar-refractivity contribution in [3.05, 3.63) is 34.3 Å². The summed E-state index contributed by atoms with van der Waals surface area (Å²) in [6, 6.07) is 7.95. The average molecular weight is 283 g/mol. The summed E-state index contributed by atoms with van der Waals surface area (Å²) in [7, 11) is 0. The molecule has 0 fully saturated rings. The smallest absolute Gasteiger partial charge is 0.137 e. The van der Waals surface area contributed by atoms with E-state index in [2.05, 4.69) is 36.7 Å². The largest absolute Gasteiger partial charge is 0.299 e. The van der Waals surface area contributed by atoms with Gasteiger partial charge in [-0.15, -0.1) is 0 Å². The van der Waals surface area contributed by atoms with E-state index in [4.69, 9.17) is 0 Å². The molecule has 0 aliphatic heterocycles. The van der Waals surface area contributed by atoms with Crippen LogP contribution in [-0.4, -0.2) is 5.78 Å². The Morgan fingerprint density at radius 3 is 2.56 bits per heavy atom.